The molecule has 0 bridgehead atoms. The largest absolute Gasteiger partial charge is 0.368 e. The van der Waals surface area contributed by atoms with E-state index in [0.717, 1.165) is 5.39 Å². The summed E-state index contributed by atoms with van der Waals surface area (Å²) in [5, 5.41) is 0.846. The lowest BCUT2D eigenvalue weighted by molar-refractivity contribution is 0.100. The van der Waals surface area contributed by atoms with Crippen LogP contribution in [0.15, 0.2) is 30.6 Å². The van der Waals surface area contributed by atoms with Crippen molar-refractivity contribution in [2.24, 2.45) is 5.73 Å². The molecule has 0 unspecified atom stereocenters. The van der Waals surface area contributed by atoms with Crippen molar-refractivity contribution in [1.82, 2.24) is 14.4 Å². The molecule has 3 aromatic heterocycles. The quantitative estimate of drug-likeness (QED) is 0.634. The van der Waals surface area contributed by atoms with Crippen LogP contribution in [0, 0.1) is 0 Å². The van der Waals surface area contributed by atoms with Crippen molar-refractivity contribution in [2.45, 2.75) is 0 Å². The number of anilines is 1. The van der Waals surface area contributed by atoms with Crippen molar-refractivity contribution in [3.63, 3.8) is 0 Å². The fraction of sp³-hybridized carbons (Fsp3) is 0. The molecule has 0 saturated carbocycles. The highest BCUT2D eigenvalue weighted by Crippen LogP contribution is 2.19. The zero-order valence-corrected chi connectivity index (χ0v) is 8.79. The second kappa shape index (κ2) is 3.18. The minimum Gasteiger partial charge on any atom is -0.368 e. The van der Waals surface area contributed by atoms with Crippen LogP contribution < -0.4 is 11.5 Å². The molecule has 84 valence electrons. The van der Waals surface area contributed by atoms with Crippen LogP contribution in [0.25, 0.3) is 16.6 Å². The molecule has 3 heterocycles. The van der Waals surface area contributed by atoms with Crippen molar-refractivity contribution in [1.29, 1.82) is 0 Å². The Labute approximate surface area is 95.9 Å². The molecule has 0 aromatic carbocycles. The van der Waals surface area contributed by atoms with Crippen LogP contribution in [0.4, 0.5) is 5.95 Å². The van der Waals surface area contributed by atoms with Crippen molar-refractivity contribution < 1.29 is 4.79 Å². The molecular weight excluding hydrogens is 218 g/mol. The van der Waals surface area contributed by atoms with Crippen molar-refractivity contribution >= 4 is 28.4 Å². The van der Waals surface area contributed by atoms with E-state index in [1.807, 2.05) is 12.1 Å². The Balaban J connectivity index is 2.48. The van der Waals surface area contributed by atoms with Gasteiger partial charge in [0.25, 0.3) is 5.91 Å². The number of hydrogen-bond acceptors (Lipinski definition) is 4. The second-order valence-corrected chi connectivity index (χ2v) is 3.69. The van der Waals surface area contributed by atoms with Gasteiger partial charge in [-0.2, -0.15) is 4.98 Å². The third-order valence-corrected chi connectivity index (χ3v) is 2.65. The molecule has 1 amide bonds. The first-order chi connectivity index (χ1) is 8.16. The van der Waals surface area contributed by atoms with Crippen LogP contribution >= 0.6 is 0 Å². The van der Waals surface area contributed by atoms with E-state index in [9.17, 15) is 4.79 Å². The Morgan fingerprint density at radius 3 is 2.88 bits per heavy atom. The monoisotopic (exact) mass is 227 g/mol. The Morgan fingerprint density at radius 2 is 2.12 bits per heavy atom. The third kappa shape index (κ3) is 1.31. The summed E-state index contributed by atoms with van der Waals surface area (Å²) < 4.78 is 1.77. The molecule has 0 aliphatic carbocycles. The summed E-state index contributed by atoms with van der Waals surface area (Å²) in [6.07, 6.45) is 3.38. The van der Waals surface area contributed by atoms with E-state index >= 15 is 0 Å². The average Bonchev–Trinajstić information content (AvgIpc) is 2.72. The first-order valence-electron chi connectivity index (χ1n) is 4.99. The zero-order valence-electron chi connectivity index (χ0n) is 8.79. The van der Waals surface area contributed by atoms with Gasteiger partial charge in [0.2, 0.25) is 5.95 Å². The maximum Gasteiger partial charge on any atom is 0.250 e. The number of hydrogen-bond donors (Lipinski definition) is 2. The zero-order chi connectivity index (χ0) is 12.0. The number of nitrogen functional groups attached to an aromatic ring is 1. The minimum atomic E-state index is -0.464. The number of nitrogens with zero attached hydrogens (tertiary/aromatic N) is 3. The summed E-state index contributed by atoms with van der Waals surface area (Å²) in [6, 6.07) is 5.30. The first-order valence-corrected chi connectivity index (χ1v) is 4.99. The molecule has 0 saturated heterocycles. The highest BCUT2D eigenvalue weighted by molar-refractivity contribution is 6.01. The van der Waals surface area contributed by atoms with E-state index in [1.165, 1.54) is 0 Å². The van der Waals surface area contributed by atoms with Crippen LogP contribution in [0.3, 0.4) is 0 Å². The normalized spacial score (nSPS) is 11.1. The van der Waals surface area contributed by atoms with Crippen LogP contribution in [0.1, 0.15) is 10.4 Å². The predicted molar refractivity (Wildman–Crippen MR) is 63.4 cm³/mol. The summed E-state index contributed by atoms with van der Waals surface area (Å²) >= 11 is 0. The van der Waals surface area contributed by atoms with E-state index in [0.29, 0.717) is 16.7 Å². The number of carbonyl (C=O) groups excluding carboxylic acids is 1. The first kappa shape index (κ1) is 9.59. The van der Waals surface area contributed by atoms with E-state index in [1.54, 1.807) is 22.9 Å². The molecule has 0 aliphatic heterocycles. The van der Waals surface area contributed by atoms with Crippen LogP contribution in [-0.2, 0) is 0 Å². The SMILES string of the molecule is NC(=O)c1ccn2c1ccc1cnc(N)nc12. The lowest BCUT2D eigenvalue weighted by atomic mass is 10.2. The maximum absolute atomic E-state index is 11.2. The van der Waals surface area contributed by atoms with Crippen LogP contribution in [0.2, 0.25) is 0 Å². The number of amides is 1. The van der Waals surface area contributed by atoms with Gasteiger partial charge in [0.1, 0.15) is 5.65 Å². The highest BCUT2D eigenvalue weighted by atomic mass is 16.1. The third-order valence-electron chi connectivity index (χ3n) is 2.65. The number of nitrogens with two attached hydrogens (primary N) is 2. The highest BCUT2D eigenvalue weighted by Gasteiger charge is 2.10. The van der Waals surface area contributed by atoms with Crippen LogP contribution in [0.5, 0.6) is 0 Å². The molecule has 6 nitrogen and oxygen atoms in total. The van der Waals surface area contributed by atoms with Gasteiger partial charge >= 0.3 is 0 Å². The fourth-order valence-corrected chi connectivity index (χ4v) is 1.88. The predicted octanol–water partition coefficient (Wildman–Crippen LogP) is 0.564. The Hall–Kier alpha value is -2.63. The summed E-state index contributed by atoms with van der Waals surface area (Å²) in [5.41, 5.74) is 12.7. The molecule has 17 heavy (non-hydrogen) atoms. The summed E-state index contributed by atoms with van der Waals surface area (Å²) in [7, 11) is 0. The van der Waals surface area contributed by atoms with E-state index in [-0.39, 0.29) is 5.95 Å². The molecule has 0 radical (unpaired) electrons. The number of pyridine rings is 1. The van der Waals surface area contributed by atoms with Gasteiger partial charge in [0.05, 0.1) is 11.1 Å². The topological polar surface area (TPSA) is 99.3 Å². The Bertz CT molecular complexity index is 746. The van der Waals surface area contributed by atoms with Crippen molar-refractivity contribution in [2.75, 3.05) is 5.73 Å². The maximum atomic E-state index is 11.2. The molecule has 0 aliphatic rings. The molecular formula is C11H9N5O. The molecule has 0 atom stereocenters. The van der Waals surface area contributed by atoms with Gasteiger partial charge in [-0.3, -0.25) is 4.79 Å². The molecule has 3 aromatic rings. The molecule has 6 heteroatoms. The molecule has 4 N–H and O–H groups in total. The van der Waals surface area contributed by atoms with Gasteiger partial charge in [-0.1, -0.05) is 0 Å². The van der Waals surface area contributed by atoms with Gasteiger partial charge in [0, 0.05) is 17.8 Å². The smallest absolute Gasteiger partial charge is 0.250 e. The molecule has 0 spiro atoms. The Morgan fingerprint density at radius 1 is 1.29 bits per heavy atom. The number of carbonyl (C=O) groups is 1. The lowest BCUT2D eigenvalue weighted by Gasteiger charge is -2.02. The standard InChI is InChI=1S/C11H9N5O/c12-9(17)7-3-4-16-8(7)2-1-6-5-14-11(13)15-10(6)16/h1-5H,(H2,12,17)(H2,13,14,15). The van der Waals surface area contributed by atoms with Crippen molar-refractivity contribution in [3.8, 4) is 0 Å². The van der Waals surface area contributed by atoms with E-state index in [4.69, 9.17) is 11.5 Å². The molecule has 3 rings (SSSR count). The summed E-state index contributed by atoms with van der Waals surface area (Å²) in [6.45, 7) is 0. The van der Waals surface area contributed by atoms with Crippen molar-refractivity contribution in [3.05, 3.63) is 36.2 Å². The number of aromatic nitrogens is 3. The summed E-state index contributed by atoms with van der Waals surface area (Å²) in [5.74, 6) is -0.270. The van der Waals surface area contributed by atoms with E-state index in [2.05, 4.69) is 9.97 Å². The van der Waals surface area contributed by atoms with Gasteiger partial charge < -0.3 is 15.9 Å². The van der Waals surface area contributed by atoms with Crippen LogP contribution in [-0.4, -0.2) is 20.3 Å². The molecule has 0 fully saturated rings. The second-order valence-electron chi connectivity index (χ2n) is 3.69. The summed E-state index contributed by atoms with van der Waals surface area (Å²) in [4.78, 5) is 19.3. The van der Waals surface area contributed by atoms with Gasteiger partial charge in [-0.15, -0.1) is 0 Å². The fourth-order valence-electron chi connectivity index (χ4n) is 1.88. The lowest BCUT2D eigenvalue weighted by Crippen LogP contribution is -2.10. The number of rotatable bonds is 1. The average molecular weight is 227 g/mol. The van der Waals surface area contributed by atoms with Gasteiger partial charge in [-0.05, 0) is 18.2 Å². The number of primary amides is 1. The number of fused-ring (bicyclic) bond motifs is 3. The van der Waals surface area contributed by atoms with E-state index < -0.39 is 5.91 Å². The Kier molecular flexibility index (Phi) is 1.79. The minimum absolute atomic E-state index is 0.194. The van der Waals surface area contributed by atoms with Gasteiger partial charge in [0.15, 0.2) is 0 Å². The van der Waals surface area contributed by atoms with Gasteiger partial charge in [-0.25, -0.2) is 4.98 Å².